The molecule has 4 aliphatic rings. The Kier molecular flexibility index (Phi) is 9.18. The third kappa shape index (κ3) is 6.19. The van der Waals surface area contributed by atoms with Gasteiger partial charge >= 0.3 is 11.9 Å². The van der Waals surface area contributed by atoms with Crippen LogP contribution in [0.2, 0.25) is 0 Å². The monoisotopic (exact) mass is 608 g/mol. The number of ether oxygens (including phenoxy) is 6. The maximum atomic E-state index is 13.0. The predicted molar refractivity (Wildman–Crippen MR) is 163 cm³/mol. The highest BCUT2D eigenvalue weighted by atomic mass is 16.6. The smallest absolute Gasteiger partial charge is 0.338 e. The minimum atomic E-state index is -0.310. The third-order valence-corrected chi connectivity index (χ3v) is 10.1. The predicted octanol–water partition coefficient (Wildman–Crippen LogP) is 4.73. The van der Waals surface area contributed by atoms with Crippen molar-refractivity contribution in [1.29, 1.82) is 0 Å². The summed E-state index contributed by atoms with van der Waals surface area (Å²) in [5, 5.41) is 0. The molecule has 5 atom stereocenters. The van der Waals surface area contributed by atoms with Crippen molar-refractivity contribution in [2.45, 2.75) is 87.7 Å². The van der Waals surface area contributed by atoms with Gasteiger partial charge in [-0.25, -0.2) is 9.59 Å². The van der Waals surface area contributed by atoms with Gasteiger partial charge in [-0.3, -0.25) is 9.80 Å². The van der Waals surface area contributed by atoms with E-state index in [0.717, 1.165) is 64.5 Å². The maximum Gasteiger partial charge on any atom is 0.338 e. The molecule has 238 valence electrons. The highest BCUT2D eigenvalue weighted by Gasteiger charge is 2.45. The second-order valence-electron chi connectivity index (χ2n) is 12.4. The highest BCUT2D eigenvalue weighted by molar-refractivity contribution is 5.91. The summed E-state index contributed by atoms with van der Waals surface area (Å²) in [6, 6.07) is 12.0. The summed E-state index contributed by atoms with van der Waals surface area (Å²) in [4.78, 5) is 31.2. The van der Waals surface area contributed by atoms with E-state index >= 15 is 0 Å². The fourth-order valence-electron chi connectivity index (χ4n) is 7.97. The second-order valence-corrected chi connectivity index (χ2v) is 12.4. The Bertz CT molecular complexity index is 1220. The van der Waals surface area contributed by atoms with Crippen LogP contribution in [-0.2, 0) is 9.47 Å². The Hall–Kier alpha value is -3.50. The van der Waals surface area contributed by atoms with Gasteiger partial charge in [-0.15, -0.1) is 0 Å². The van der Waals surface area contributed by atoms with Crippen LogP contribution in [0.4, 0.5) is 0 Å². The lowest BCUT2D eigenvalue weighted by atomic mass is 9.98. The Labute approximate surface area is 259 Å². The molecule has 10 nitrogen and oxygen atoms in total. The summed E-state index contributed by atoms with van der Waals surface area (Å²) in [5.41, 5.74) is 0.955. The van der Waals surface area contributed by atoms with Crippen molar-refractivity contribution < 1.29 is 38.0 Å². The largest absolute Gasteiger partial charge is 0.493 e. The molecule has 4 aliphatic heterocycles. The van der Waals surface area contributed by atoms with Crippen molar-refractivity contribution in [3.8, 4) is 23.0 Å². The number of nitrogens with zero attached hydrogens (tertiary/aromatic N) is 2. The quantitative estimate of drug-likeness (QED) is 0.333. The molecule has 6 rings (SSSR count). The van der Waals surface area contributed by atoms with Crippen LogP contribution in [-0.4, -0.2) is 99.6 Å². The fourth-order valence-corrected chi connectivity index (χ4v) is 7.97. The van der Waals surface area contributed by atoms with Gasteiger partial charge in [0.05, 0.1) is 39.6 Å². The zero-order valence-corrected chi connectivity index (χ0v) is 26.2. The lowest BCUT2D eigenvalue weighted by molar-refractivity contribution is -0.0211. The molecular formula is C34H44N2O8. The SMILES string of the molecule is COc1ccc(C(=O)OC2C[C@H]3CC[C@@H](C2)N3CCN2[C@H]3CC[C@H]2CC(OC(=O)c2ccc(OC)c(OC)c2)C3)cc1OC. The Morgan fingerprint density at radius 2 is 0.909 bits per heavy atom. The van der Waals surface area contributed by atoms with Gasteiger partial charge < -0.3 is 28.4 Å². The van der Waals surface area contributed by atoms with Gasteiger partial charge in [0.1, 0.15) is 12.2 Å². The van der Waals surface area contributed by atoms with E-state index in [1.165, 1.54) is 0 Å². The highest BCUT2D eigenvalue weighted by Crippen LogP contribution is 2.40. The summed E-state index contributed by atoms with van der Waals surface area (Å²) < 4.78 is 33.3. The molecule has 44 heavy (non-hydrogen) atoms. The summed E-state index contributed by atoms with van der Waals surface area (Å²) in [6.07, 6.45) is 7.94. The van der Waals surface area contributed by atoms with E-state index in [9.17, 15) is 9.59 Å². The number of piperidine rings is 2. The second kappa shape index (κ2) is 13.2. The molecule has 1 unspecified atom stereocenters. The van der Waals surface area contributed by atoms with Crippen LogP contribution in [0.5, 0.6) is 23.0 Å². The van der Waals surface area contributed by atoms with Crippen LogP contribution in [0, 0.1) is 0 Å². The Morgan fingerprint density at radius 3 is 1.23 bits per heavy atom. The van der Waals surface area contributed by atoms with Crippen molar-refractivity contribution in [3.05, 3.63) is 47.5 Å². The number of fused-ring (bicyclic) bond motifs is 4. The first-order valence-electron chi connectivity index (χ1n) is 15.8. The van der Waals surface area contributed by atoms with Gasteiger partial charge in [0.15, 0.2) is 23.0 Å². The molecule has 4 fully saturated rings. The molecule has 4 bridgehead atoms. The van der Waals surface area contributed by atoms with Crippen molar-refractivity contribution in [1.82, 2.24) is 9.80 Å². The molecule has 0 aromatic heterocycles. The summed E-state index contributed by atoms with van der Waals surface area (Å²) >= 11 is 0. The van der Waals surface area contributed by atoms with Gasteiger partial charge in [-0.1, -0.05) is 0 Å². The number of methoxy groups -OCH3 is 4. The fraction of sp³-hybridized carbons (Fsp3) is 0.588. The molecule has 0 N–H and O–H groups in total. The minimum Gasteiger partial charge on any atom is -0.493 e. The average Bonchev–Trinajstić information content (AvgIpc) is 3.43. The first-order valence-corrected chi connectivity index (χ1v) is 15.8. The van der Waals surface area contributed by atoms with Crippen LogP contribution >= 0.6 is 0 Å². The molecule has 0 spiro atoms. The van der Waals surface area contributed by atoms with Crippen molar-refractivity contribution in [2.24, 2.45) is 0 Å². The molecule has 2 aromatic carbocycles. The van der Waals surface area contributed by atoms with Crippen LogP contribution in [0.25, 0.3) is 0 Å². The van der Waals surface area contributed by atoms with E-state index in [2.05, 4.69) is 9.80 Å². The molecule has 0 amide bonds. The van der Waals surface area contributed by atoms with E-state index in [1.54, 1.807) is 64.8 Å². The van der Waals surface area contributed by atoms with Crippen LogP contribution in [0.1, 0.15) is 72.1 Å². The van der Waals surface area contributed by atoms with E-state index in [4.69, 9.17) is 28.4 Å². The van der Waals surface area contributed by atoms with Gasteiger partial charge in [0.2, 0.25) is 0 Å². The van der Waals surface area contributed by atoms with Crippen molar-refractivity contribution in [2.75, 3.05) is 41.5 Å². The minimum absolute atomic E-state index is 0.0726. The number of carbonyl (C=O) groups excluding carboxylic acids is 2. The molecule has 2 aromatic rings. The van der Waals surface area contributed by atoms with Gasteiger partial charge in [-0.2, -0.15) is 0 Å². The molecule has 4 heterocycles. The van der Waals surface area contributed by atoms with E-state index < -0.39 is 0 Å². The molecule has 4 saturated heterocycles. The van der Waals surface area contributed by atoms with Gasteiger partial charge in [-0.05, 0) is 62.1 Å². The topological polar surface area (TPSA) is 96.0 Å². The van der Waals surface area contributed by atoms with Crippen molar-refractivity contribution in [3.63, 3.8) is 0 Å². The Morgan fingerprint density at radius 1 is 0.568 bits per heavy atom. The molecule has 10 heteroatoms. The average molecular weight is 609 g/mol. The zero-order valence-electron chi connectivity index (χ0n) is 26.2. The van der Waals surface area contributed by atoms with Crippen molar-refractivity contribution >= 4 is 11.9 Å². The molecule has 0 radical (unpaired) electrons. The zero-order chi connectivity index (χ0) is 30.8. The first-order chi connectivity index (χ1) is 21.4. The third-order valence-electron chi connectivity index (χ3n) is 10.1. The van der Waals surface area contributed by atoms with Gasteiger partial charge in [0, 0.05) is 62.9 Å². The maximum absolute atomic E-state index is 13.0. The molecular weight excluding hydrogens is 564 g/mol. The van der Waals surface area contributed by atoms with Crippen LogP contribution in [0.3, 0.4) is 0 Å². The van der Waals surface area contributed by atoms with E-state index in [-0.39, 0.29) is 24.1 Å². The first kappa shape index (κ1) is 30.5. The number of rotatable bonds is 11. The normalized spacial score (nSPS) is 27.9. The Balaban J connectivity index is 0.990. The lowest BCUT2D eigenvalue weighted by Gasteiger charge is -2.42. The van der Waals surface area contributed by atoms with Crippen LogP contribution in [0.15, 0.2) is 36.4 Å². The molecule has 0 saturated carbocycles. The lowest BCUT2D eigenvalue weighted by Crippen LogP contribution is -2.52. The number of benzene rings is 2. The summed E-state index contributed by atoms with van der Waals surface area (Å²) in [7, 11) is 6.27. The number of esters is 2. The number of hydrogen-bond acceptors (Lipinski definition) is 10. The summed E-state index contributed by atoms with van der Waals surface area (Å²) in [6.45, 7) is 2.05. The molecule has 0 aliphatic carbocycles. The van der Waals surface area contributed by atoms with E-state index in [1.807, 2.05) is 0 Å². The van der Waals surface area contributed by atoms with Gasteiger partial charge in [0.25, 0.3) is 0 Å². The standard InChI is InChI=1S/C34H44N2O8/c1-39-29-11-5-21(15-31(29)41-3)33(37)43-27-17-23-7-8-24(18-27)35(23)13-14-36-25-9-10-26(36)20-28(19-25)44-34(38)22-6-12-30(40-2)32(16-22)42-4/h5-6,11-12,15-16,23-28H,7-10,13-14,17-20H2,1-4H3/t23-,24-,25-,26+,28?/m0/s1. The number of carbonyl (C=O) groups is 2. The number of hydrogen-bond donors (Lipinski definition) is 0. The van der Waals surface area contributed by atoms with E-state index in [0.29, 0.717) is 58.3 Å². The van der Waals surface area contributed by atoms with Crippen LogP contribution < -0.4 is 18.9 Å². The summed E-state index contributed by atoms with van der Waals surface area (Å²) in [5.74, 6) is 1.59.